The predicted molar refractivity (Wildman–Crippen MR) is 120 cm³/mol. The maximum Gasteiger partial charge on any atom is 0.244 e. The number of carbonyl (C=O) groups excluding carboxylic acids is 1. The van der Waals surface area contributed by atoms with Gasteiger partial charge in [0.1, 0.15) is 0 Å². The van der Waals surface area contributed by atoms with Gasteiger partial charge in [-0.1, -0.05) is 24.3 Å². The van der Waals surface area contributed by atoms with Crippen LogP contribution < -0.4 is 5.32 Å². The lowest BCUT2D eigenvalue weighted by atomic mass is 10.1. The van der Waals surface area contributed by atoms with E-state index in [0.29, 0.717) is 6.54 Å². The minimum absolute atomic E-state index is 0.0789. The fourth-order valence-corrected chi connectivity index (χ4v) is 3.58. The molecule has 0 aliphatic heterocycles. The summed E-state index contributed by atoms with van der Waals surface area (Å²) in [7, 11) is 4.20. The molecule has 3 aromatic rings. The molecule has 0 fully saturated rings. The third kappa shape index (κ3) is 5.55. The first-order valence-electron chi connectivity index (χ1n) is 10.1. The van der Waals surface area contributed by atoms with Crippen molar-refractivity contribution >= 4 is 22.9 Å². The second-order valence-corrected chi connectivity index (χ2v) is 7.52. The zero-order valence-electron chi connectivity index (χ0n) is 17.6. The van der Waals surface area contributed by atoms with Crippen LogP contribution >= 0.6 is 0 Å². The van der Waals surface area contributed by atoms with E-state index in [4.69, 9.17) is 0 Å². The van der Waals surface area contributed by atoms with E-state index >= 15 is 0 Å². The molecule has 0 bridgehead atoms. The molecule has 2 heterocycles. The van der Waals surface area contributed by atoms with E-state index in [1.165, 1.54) is 16.6 Å². The van der Waals surface area contributed by atoms with Crippen LogP contribution in [-0.2, 0) is 17.8 Å². The van der Waals surface area contributed by atoms with Crippen LogP contribution in [0.15, 0.2) is 54.7 Å². The molecule has 0 radical (unpaired) electrons. The Kier molecular flexibility index (Phi) is 7.19. The number of nitrogens with zero attached hydrogens (tertiary/aromatic N) is 3. The molecule has 5 nitrogen and oxygen atoms in total. The third-order valence-electron chi connectivity index (χ3n) is 5.07. The van der Waals surface area contributed by atoms with Crippen LogP contribution in [0.5, 0.6) is 0 Å². The van der Waals surface area contributed by atoms with Gasteiger partial charge in [0.05, 0.1) is 0 Å². The number of benzene rings is 1. The summed E-state index contributed by atoms with van der Waals surface area (Å²) in [5.74, 6) is -0.0789. The van der Waals surface area contributed by atoms with Crippen LogP contribution in [-0.4, -0.2) is 47.5 Å². The number of carbonyl (C=O) groups is 1. The molecule has 0 spiro atoms. The fourth-order valence-electron chi connectivity index (χ4n) is 3.58. The Hall–Kier alpha value is -2.92. The standard InChI is InChI=1S/C24H30N4O/c1-19-21(12-13-24(29)26-16-14-20-9-6-7-15-25-20)22-10-4-5-11-23(22)28(19)18-8-17-27(2)3/h4-7,9-13,15H,8,14,16-18H2,1-3H3,(H,26,29)/b13-12+. The molecule has 152 valence electrons. The van der Waals surface area contributed by atoms with Crippen molar-refractivity contribution in [3.63, 3.8) is 0 Å². The molecule has 0 saturated carbocycles. The summed E-state index contributed by atoms with van der Waals surface area (Å²) in [5, 5.41) is 4.13. The number of fused-ring (bicyclic) bond motifs is 1. The minimum Gasteiger partial charge on any atom is -0.352 e. The van der Waals surface area contributed by atoms with Crippen LogP contribution in [0.1, 0.15) is 23.4 Å². The van der Waals surface area contributed by atoms with Crippen molar-refractivity contribution in [1.82, 2.24) is 19.8 Å². The van der Waals surface area contributed by atoms with Gasteiger partial charge in [-0.25, -0.2) is 0 Å². The average molecular weight is 391 g/mol. The average Bonchev–Trinajstić information content (AvgIpc) is 2.98. The topological polar surface area (TPSA) is 50.2 Å². The van der Waals surface area contributed by atoms with Gasteiger partial charge in [-0.3, -0.25) is 9.78 Å². The van der Waals surface area contributed by atoms with Crippen molar-refractivity contribution in [3.8, 4) is 0 Å². The molecule has 1 amide bonds. The van der Waals surface area contributed by atoms with Crippen LogP contribution in [0.2, 0.25) is 0 Å². The summed E-state index contributed by atoms with van der Waals surface area (Å²) in [6.45, 7) is 4.73. The highest BCUT2D eigenvalue weighted by molar-refractivity contribution is 5.97. The molecule has 29 heavy (non-hydrogen) atoms. The van der Waals surface area contributed by atoms with E-state index in [2.05, 4.69) is 65.1 Å². The van der Waals surface area contributed by atoms with E-state index in [9.17, 15) is 4.79 Å². The molecule has 5 heteroatoms. The monoisotopic (exact) mass is 390 g/mol. The molecular formula is C24H30N4O. The lowest BCUT2D eigenvalue weighted by Gasteiger charge is -2.12. The largest absolute Gasteiger partial charge is 0.352 e. The van der Waals surface area contributed by atoms with E-state index in [1.807, 2.05) is 24.3 Å². The van der Waals surface area contributed by atoms with Gasteiger partial charge in [0, 0.05) is 59.6 Å². The Morgan fingerprint density at radius 1 is 1.17 bits per heavy atom. The van der Waals surface area contributed by atoms with Gasteiger partial charge in [-0.05, 0) is 58.3 Å². The smallest absolute Gasteiger partial charge is 0.244 e. The van der Waals surface area contributed by atoms with Gasteiger partial charge in [0.25, 0.3) is 0 Å². The lowest BCUT2D eigenvalue weighted by Crippen LogP contribution is -2.23. The van der Waals surface area contributed by atoms with Crippen molar-refractivity contribution in [3.05, 3.63) is 71.7 Å². The summed E-state index contributed by atoms with van der Waals surface area (Å²) >= 11 is 0. The highest BCUT2D eigenvalue weighted by Gasteiger charge is 2.12. The van der Waals surface area contributed by atoms with Crippen LogP contribution in [0.3, 0.4) is 0 Å². The Bertz CT molecular complexity index is 973. The molecule has 3 rings (SSSR count). The number of pyridine rings is 1. The third-order valence-corrected chi connectivity index (χ3v) is 5.07. The molecule has 0 aliphatic carbocycles. The van der Waals surface area contributed by atoms with E-state index in [0.717, 1.165) is 37.2 Å². The SMILES string of the molecule is Cc1c(/C=C/C(=O)NCCc2ccccn2)c2ccccc2n1CCCN(C)C. The van der Waals surface area contributed by atoms with Crippen LogP contribution in [0.25, 0.3) is 17.0 Å². The predicted octanol–water partition coefficient (Wildman–Crippen LogP) is 3.67. The first kappa shape index (κ1) is 20.8. The molecular weight excluding hydrogens is 360 g/mol. The molecule has 0 unspecified atom stereocenters. The maximum atomic E-state index is 12.3. The Morgan fingerprint density at radius 2 is 1.97 bits per heavy atom. The molecule has 1 aromatic carbocycles. The van der Waals surface area contributed by atoms with Gasteiger partial charge in [-0.2, -0.15) is 0 Å². The van der Waals surface area contributed by atoms with E-state index < -0.39 is 0 Å². The van der Waals surface area contributed by atoms with E-state index in [1.54, 1.807) is 12.3 Å². The summed E-state index contributed by atoms with van der Waals surface area (Å²) in [6.07, 6.45) is 7.16. The second kappa shape index (κ2) is 10.0. The van der Waals surface area contributed by atoms with Crippen molar-refractivity contribution in [2.24, 2.45) is 0 Å². The number of para-hydroxylation sites is 1. The highest BCUT2D eigenvalue weighted by atomic mass is 16.1. The molecule has 2 aromatic heterocycles. The second-order valence-electron chi connectivity index (χ2n) is 7.52. The Labute approximate surface area is 173 Å². The first-order chi connectivity index (χ1) is 14.1. The quantitative estimate of drug-likeness (QED) is 0.567. The maximum absolute atomic E-state index is 12.3. The van der Waals surface area contributed by atoms with Gasteiger partial charge in [-0.15, -0.1) is 0 Å². The molecule has 0 atom stereocenters. The normalized spacial score (nSPS) is 11.6. The number of hydrogen-bond acceptors (Lipinski definition) is 3. The molecule has 0 saturated heterocycles. The van der Waals surface area contributed by atoms with Crippen molar-refractivity contribution in [2.75, 3.05) is 27.2 Å². The number of amides is 1. The number of hydrogen-bond donors (Lipinski definition) is 1. The van der Waals surface area contributed by atoms with Crippen molar-refractivity contribution < 1.29 is 4.79 Å². The molecule has 0 aliphatic rings. The number of aromatic nitrogens is 2. The minimum atomic E-state index is -0.0789. The van der Waals surface area contributed by atoms with E-state index in [-0.39, 0.29) is 5.91 Å². The fraction of sp³-hybridized carbons (Fsp3) is 0.333. The zero-order chi connectivity index (χ0) is 20.6. The van der Waals surface area contributed by atoms with Gasteiger partial charge in [0.2, 0.25) is 5.91 Å². The summed E-state index contributed by atoms with van der Waals surface area (Å²) in [6, 6.07) is 14.2. The summed E-state index contributed by atoms with van der Waals surface area (Å²) < 4.78 is 2.36. The summed E-state index contributed by atoms with van der Waals surface area (Å²) in [5.41, 5.74) is 4.51. The van der Waals surface area contributed by atoms with Gasteiger partial charge in [0.15, 0.2) is 0 Å². The Morgan fingerprint density at radius 3 is 2.72 bits per heavy atom. The number of aryl methyl sites for hydroxylation is 1. The number of rotatable bonds is 9. The van der Waals surface area contributed by atoms with Crippen LogP contribution in [0.4, 0.5) is 0 Å². The zero-order valence-corrected chi connectivity index (χ0v) is 17.6. The van der Waals surface area contributed by atoms with Gasteiger partial charge < -0.3 is 14.8 Å². The highest BCUT2D eigenvalue weighted by Crippen LogP contribution is 2.27. The first-order valence-corrected chi connectivity index (χ1v) is 10.1. The Balaban J connectivity index is 1.68. The lowest BCUT2D eigenvalue weighted by molar-refractivity contribution is -0.116. The number of nitrogens with one attached hydrogen (secondary N) is 1. The molecule has 1 N–H and O–H groups in total. The van der Waals surface area contributed by atoms with Crippen LogP contribution in [0, 0.1) is 6.92 Å². The van der Waals surface area contributed by atoms with Crippen molar-refractivity contribution in [1.29, 1.82) is 0 Å². The van der Waals surface area contributed by atoms with Gasteiger partial charge >= 0.3 is 0 Å². The van der Waals surface area contributed by atoms with Crippen molar-refractivity contribution in [2.45, 2.75) is 26.3 Å². The summed E-state index contributed by atoms with van der Waals surface area (Å²) in [4.78, 5) is 18.8.